The van der Waals surface area contributed by atoms with Crippen molar-refractivity contribution in [1.82, 2.24) is 0 Å². The molecule has 4 N–H and O–H groups in total. The number of hydrogen-bond donors (Lipinski definition) is 1. The zero-order valence-electron chi connectivity index (χ0n) is 6.12. The number of anilines is 1. The van der Waals surface area contributed by atoms with Crippen molar-refractivity contribution in [3.05, 3.63) is 36.8 Å². The summed E-state index contributed by atoms with van der Waals surface area (Å²) in [6.07, 6.45) is 0. The van der Waals surface area contributed by atoms with Crippen LogP contribution in [-0.4, -0.2) is 5.48 Å². The van der Waals surface area contributed by atoms with E-state index < -0.39 is 0 Å². The average molecular weight is 264 g/mol. The van der Waals surface area contributed by atoms with Gasteiger partial charge in [-0.3, -0.25) is 0 Å². The van der Waals surface area contributed by atoms with Crippen LogP contribution in [0.15, 0.2) is 24.3 Å². The minimum Gasteiger partial charge on any atom is -0.449 e. The molecule has 2 radical (unpaired) electrons. The summed E-state index contributed by atoms with van der Waals surface area (Å²) in [7, 11) is 0. The van der Waals surface area contributed by atoms with Gasteiger partial charge in [0, 0.05) is 51.3 Å². The van der Waals surface area contributed by atoms with E-state index in [4.69, 9.17) is 5.73 Å². The van der Waals surface area contributed by atoms with E-state index in [0.29, 0.717) is 0 Å². The molecule has 0 heterocycles. The van der Waals surface area contributed by atoms with Crippen molar-refractivity contribution >= 4 is 5.69 Å². The summed E-state index contributed by atoms with van der Waals surface area (Å²) in [5, 5.41) is 0. The fourth-order valence-corrected chi connectivity index (χ4v) is 0.534. The van der Waals surface area contributed by atoms with Crippen molar-refractivity contribution in [3.8, 4) is 0 Å². The van der Waals surface area contributed by atoms with E-state index in [2.05, 4.69) is 6.92 Å². The summed E-state index contributed by atoms with van der Waals surface area (Å²) in [5.41, 5.74) is 7.11. The Morgan fingerprint density at radius 3 is 1.91 bits per heavy atom. The number of nitrogen functional groups attached to an aromatic ring is 1. The fourth-order valence-electron chi connectivity index (χ4n) is 0.534. The predicted molar refractivity (Wildman–Crippen MR) is 38.9 cm³/mol. The molecule has 4 heteroatoms. The Balaban J connectivity index is -0.000000213. The van der Waals surface area contributed by atoms with E-state index in [-0.39, 0.29) is 56.7 Å². The van der Waals surface area contributed by atoms with Crippen LogP contribution in [0.2, 0.25) is 0 Å². The number of rotatable bonds is 0. The molecule has 0 amide bonds. The summed E-state index contributed by atoms with van der Waals surface area (Å²) in [5.74, 6) is 0. The Kier molecular flexibility index (Phi) is 13.8. The minimum atomic E-state index is 0. The second-order valence-corrected chi connectivity index (χ2v) is 1.70. The Labute approximate surface area is 104 Å². The first kappa shape index (κ1) is 17.6. The van der Waals surface area contributed by atoms with E-state index >= 15 is 0 Å². The molecule has 0 aliphatic heterocycles. The molecule has 0 aliphatic rings. The summed E-state index contributed by atoms with van der Waals surface area (Å²) in [6.45, 7) is 3.70. The van der Waals surface area contributed by atoms with Gasteiger partial charge in [0.2, 0.25) is 0 Å². The van der Waals surface area contributed by atoms with Crippen LogP contribution in [0.1, 0.15) is 5.56 Å². The molecule has 1 aromatic carbocycles. The zero-order chi connectivity index (χ0) is 5.98. The quantitative estimate of drug-likeness (QED) is 0.542. The van der Waals surface area contributed by atoms with E-state index in [9.17, 15) is 0 Å². The predicted octanol–water partition coefficient (Wildman–Crippen LogP) is 0.621. The average Bonchev–Trinajstić information content (AvgIpc) is 1.77. The van der Waals surface area contributed by atoms with Crippen LogP contribution in [0, 0.1) is 6.92 Å². The molecule has 0 saturated heterocycles. The molecule has 2 nitrogen and oxygen atoms in total. The standard InChI is InChI=1S/C7H8N.H2O.V.Y/c1-6-4-2-3-5-7(6)8;;;/h2-5H,1,8H2;1H2;;/q-1;;;. The van der Waals surface area contributed by atoms with Gasteiger partial charge in [-0.05, 0) is 0 Å². The van der Waals surface area contributed by atoms with Gasteiger partial charge < -0.3 is 11.2 Å². The molecule has 0 bridgehead atoms. The number of hydrogen-bond acceptors (Lipinski definition) is 1. The van der Waals surface area contributed by atoms with Crippen LogP contribution in [0.4, 0.5) is 5.69 Å². The summed E-state index contributed by atoms with van der Waals surface area (Å²) >= 11 is 0. The van der Waals surface area contributed by atoms with Crippen molar-refractivity contribution in [3.63, 3.8) is 0 Å². The third kappa shape index (κ3) is 5.77. The molecule has 0 saturated carbocycles. The minimum absolute atomic E-state index is 0. The topological polar surface area (TPSA) is 57.5 Å². The third-order valence-corrected chi connectivity index (χ3v) is 1.06. The Bertz CT molecular complexity index is 175. The second-order valence-electron chi connectivity index (χ2n) is 1.70. The van der Waals surface area contributed by atoms with E-state index in [1.807, 2.05) is 24.3 Å². The summed E-state index contributed by atoms with van der Waals surface area (Å²) < 4.78 is 0. The van der Waals surface area contributed by atoms with E-state index in [1.54, 1.807) is 0 Å². The van der Waals surface area contributed by atoms with Crippen LogP contribution < -0.4 is 5.73 Å². The molecule has 0 spiro atoms. The third-order valence-electron chi connectivity index (χ3n) is 1.06. The molecule has 0 unspecified atom stereocenters. The Morgan fingerprint density at radius 2 is 1.64 bits per heavy atom. The molecule has 0 aliphatic carbocycles. The van der Waals surface area contributed by atoms with E-state index in [0.717, 1.165) is 11.3 Å². The van der Waals surface area contributed by atoms with Crippen molar-refractivity contribution in [2.75, 3.05) is 5.73 Å². The van der Waals surface area contributed by atoms with Gasteiger partial charge in [0.05, 0.1) is 0 Å². The molecule has 1 rings (SSSR count). The second kappa shape index (κ2) is 8.63. The summed E-state index contributed by atoms with van der Waals surface area (Å²) in [6, 6.07) is 7.53. The van der Waals surface area contributed by atoms with Gasteiger partial charge >= 0.3 is 0 Å². The van der Waals surface area contributed by atoms with Crippen LogP contribution in [0.5, 0.6) is 0 Å². The maximum Gasteiger partial charge on any atom is 0 e. The number of benzene rings is 1. The van der Waals surface area contributed by atoms with Gasteiger partial charge in [-0.2, -0.15) is 18.6 Å². The SMILES string of the molecule is O.[CH2-]c1ccccc1N.[V].[Y]. The Morgan fingerprint density at radius 1 is 1.18 bits per heavy atom. The number of nitrogens with two attached hydrogens (primary N) is 1. The van der Waals surface area contributed by atoms with Gasteiger partial charge in [0.1, 0.15) is 0 Å². The van der Waals surface area contributed by atoms with Crippen LogP contribution >= 0.6 is 0 Å². The molecule has 0 atom stereocenters. The monoisotopic (exact) mass is 264 g/mol. The smallest absolute Gasteiger partial charge is 0 e. The maximum atomic E-state index is 5.46. The molecular formula is C7H10NOVY-. The zero-order valence-corrected chi connectivity index (χ0v) is 10.4. The van der Waals surface area contributed by atoms with Gasteiger partial charge in [-0.25, -0.2) is 0 Å². The van der Waals surface area contributed by atoms with E-state index in [1.165, 1.54) is 0 Å². The first-order valence-corrected chi connectivity index (χ1v) is 2.47. The maximum absolute atomic E-state index is 5.46. The van der Waals surface area contributed by atoms with Gasteiger partial charge in [0.25, 0.3) is 0 Å². The Hall–Kier alpha value is 0.538. The van der Waals surface area contributed by atoms with Crippen LogP contribution in [0.3, 0.4) is 0 Å². The first-order valence-electron chi connectivity index (χ1n) is 2.47. The fraction of sp³-hybridized carbons (Fsp3) is 0. The molecule has 0 aromatic heterocycles. The normalized spacial score (nSPS) is 6.55. The van der Waals surface area contributed by atoms with Crippen molar-refractivity contribution in [2.24, 2.45) is 0 Å². The van der Waals surface area contributed by atoms with Crippen molar-refractivity contribution in [1.29, 1.82) is 0 Å². The van der Waals surface area contributed by atoms with Crippen molar-refractivity contribution < 1.29 is 56.7 Å². The molecule has 0 fully saturated rings. The van der Waals surface area contributed by atoms with Crippen molar-refractivity contribution in [2.45, 2.75) is 0 Å². The first-order chi connectivity index (χ1) is 3.80. The largest absolute Gasteiger partial charge is 0.449 e. The van der Waals surface area contributed by atoms with Gasteiger partial charge in [0.15, 0.2) is 0 Å². The van der Waals surface area contributed by atoms with Gasteiger partial charge in [-0.1, -0.05) is 17.8 Å². The van der Waals surface area contributed by atoms with Crippen LogP contribution in [-0.2, 0) is 51.3 Å². The number of para-hydroxylation sites is 1. The summed E-state index contributed by atoms with van der Waals surface area (Å²) in [4.78, 5) is 0. The molecule has 58 valence electrons. The molecule has 1 aromatic rings. The molecule has 11 heavy (non-hydrogen) atoms. The molecular weight excluding hydrogens is 254 g/mol. The van der Waals surface area contributed by atoms with Crippen LogP contribution in [0.25, 0.3) is 0 Å². The van der Waals surface area contributed by atoms with Gasteiger partial charge in [-0.15, -0.1) is 6.07 Å².